The highest BCUT2D eigenvalue weighted by Gasteiger charge is 2.31. The zero-order valence-electron chi connectivity index (χ0n) is 11.0. The van der Waals surface area contributed by atoms with E-state index in [2.05, 4.69) is 39.5 Å². The van der Waals surface area contributed by atoms with Crippen LogP contribution in [0.15, 0.2) is 4.99 Å². The highest BCUT2D eigenvalue weighted by molar-refractivity contribution is 5.84. The largest absolute Gasteiger partial charge is 0.356 e. The number of hydrogen-bond donors (Lipinski definition) is 0. The van der Waals surface area contributed by atoms with Crippen molar-refractivity contribution >= 4 is 5.84 Å². The summed E-state index contributed by atoms with van der Waals surface area (Å²) in [5.74, 6) is 1.34. The van der Waals surface area contributed by atoms with Crippen LogP contribution >= 0.6 is 0 Å². The molecule has 0 aliphatic carbocycles. The molecule has 0 saturated carbocycles. The number of hydrogen-bond acceptors (Lipinski definition) is 2. The fraction of sp³-hybridized carbons (Fsp3) is 0.923. The molecule has 0 aromatic rings. The van der Waals surface area contributed by atoms with Gasteiger partial charge in [0, 0.05) is 19.0 Å². The van der Waals surface area contributed by atoms with Gasteiger partial charge in [-0.3, -0.25) is 4.99 Å². The Bertz CT molecular complexity index is 229. The number of aliphatic imine (C=N–C) groups is 1. The van der Waals surface area contributed by atoms with Crippen LogP contribution in [-0.4, -0.2) is 28.9 Å². The van der Waals surface area contributed by atoms with Crippen LogP contribution in [0.2, 0.25) is 0 Å². The van der Waals surface area contributed by atoms with E-state index in [0.29, 0.717) is 6.04 Å². The zero-order chi connectivity index (χ0) is 11.5. The number of unbranched alkanes of at least 4 members (excludes halogenated alkanes) is 2. The van der Waals surface area contributed by atoms with E-state index in [4.69, 9.17) is 4.99 Å². The maximum absolute atomic E-state index is 4.84. The Balaban J connectivity index is 2.57. The van der Waals surface area contributed by atoms with Crippen LogP contribution in [-0.2, 0) is 0 Å². The predicted molar refractivity (Wildman–Crippen MR) is 67.5 cm³/mol. The van der Waals surface area contributed by atoms with Crippen LogP contribution in [0.3, 0.4) is 0 Å². The first-order chi connectivity index (χ1) is 6.96. The normalized spacial score (nSPS) is 19.9. The van der Waals surface area contributed by atoms with Crippen molar-refractivity contribution in [1.82, 2.24) is 4.90 Å². The molecule has 1 aliphatic rings. The van der Waals surface area contributed by atoms with E-state index in [1.807, 2.05) is 0 Å². The van der Waals surface area contributed by atoms with E-state index in [-0.39, 0.29) is 5.54 Å². The summed E-state index contributed by atoms with van der Waals surface area (Å²) in [4.78, 5) is 7.31. The van der Waals surface area contributed by atoms with Crippen molar-refractivity contribution in [3.8, 4) is 0 Å². The summed E-state index contributed by atoms with van der Waals surface area (Å²) >= 11 is 0. The van der Waals surface area contributed by atoms with Gasteiger partial charge in [0.25, 0.3) is 0 Å². The van der Waals surface area contributed by atoms with Crippen LogP contribution in [0.25, 0.3) is 0 Å². The number of nitrogens with zero attached hydrogens (tertiary/aromatic N) is 2. The minimum Gasteiger partial charge on any atom is -0.356 e. The molecule has 0 saturated heterocycles. The van der Waals surface area contributed by atoms with Gasteiger partial charge in [-0.2, -0.15) is 0 Å². The Morgan fingerprint density at radius 2 is 2.00 bits per heavy atom. The first-order valence-corrected chi connectivity index (χ1v) is 6.31. The maximum Gasteiger partial charge on any atom is 0.0999 e. The molecule has 88 valence electrons. The van der Waals surface area contributed by atoms with E-state index in [0.717, 1.165) is 13.0 Å². The van der Waals surface area contributed by atoms with Crippen molar-refractivity contribution in [2.45, 2.75) is 71.9 Å². The first-order valence-electron chi connectivity index (χ1n) is 6.31. The van der Waals surface area contributed by atoms with Crippen LogP contribution in [0.5, 0.6) is 0 Å². The summed E-state index contributed by atoms with van der Waals surface area (Å²) in [6.45, 7) is 12.3. The Morgan fingerprint density at radius 1 is 1.33 bits per heavy atom. The molecule has 2 nitrogen and oxygen atoms in total. The molecule has 0 spiro atoms. The molecule has 15 heavy (non-hydrogen) atoms. The molecule has 0 N–H and O–H groups in total. The molecular weight excluding hydrogens is 184 g/mol. The van der Waals surface area contributed by atoms with E-state index >= 15 is 0 Å². The van der Waals surface area contributed by atoms with Gasteiger partial charge in [-0.05, 0) is 34.1 Å². The second kappa shape index (κ2) is 5.00. The smallest absolute Gasteiger partial charge is 0.0999 e. The topological polar surface area (TPSA) is 15.6 Å². The van der Waals surface area contributed by atoms with Gasteiger partial charge in [0.15, 0.2) is 0 Å². The van der Waals surface area contributed by atoms with Crippen LogP contribution < -0.4 is 0 Å². The standard InChI is InChI=1S/C13H26N2/c1-6-7-8-9-12-14-13(4,5)10-15(12)11(2)3/h11H,6-10H2,1-5H3. The molecule has 1 rings (SSSR count). The van der Waals surface area contributed by atoms with E-state index < -0.39 is 0 Å². The number of rotatable bonds is 5. The predicted octanol–water partition coefficient (Wildman–Crippen LogP) is 3.47. The van der Waals surface area contributed by atoms with Crippen LogP contribution in [0.4, 0.5) is 0 Å². The van der Waals surface area contributed by atoms with Gasteiger partial charge in [-0.25, -0.2) is 0 Å². The molecule has 0 aromatic heterocycles. The Hall–Kier alpha value is -0.530. The third-order valence-corrected chi connectivity index (χ3v) is 2.95. The third kappa shape index (κ3) is 3.51. The SMILES string of the molecule is CCCCCC1=NC(C)(C)CN1C(C)C. The monoisotopic (exact) mass is 210 g/mol. The molecular formula is C13H26N2. The molecule has 0 atom stereocenters. The van der Waals surface area contributed by atoms with Gasteiger partial charge in [0.05, 0.1) is 11.4 Å². The molecule has 1 heterocycles. The Kier molecular flexibility index (Phi) is 4.18. The summed E-state index contributed by atoms with van der Waals surface area (Å²) in [6.07, 6.45) is 5.06. The van der Waals surface area contributed by atoms with Crippen LogP contribution in [0.1, 0.15) is 60.3 Å². The first kappa shape index (κ1) is 12.5. The quantitative estimate of drug-likeness (QED) is 0.634. The van der Waals surface area contributed by atoms with Crippen molar-refractivity contribution in [1.29, 1.82) is 0 Å². The van der Waals surface area contributed by atoms with Crippen molar-refractivity contribution in [3.05, 3.63) is 0 Å². The van der Waals surface area contributed by atoms with Crippen molar-refractivity contribution < 1.29 is 0 Å². The van der Waals surface area contributed by atoms with E-state index in [9.17, 15) is 0 Å². The molecule has 0 aromatic carbocycles. The fourth-order valence-electron chi connectivity index (χ4n) is 2.17. The van der Waals surface area contributed by atoms with Gasteiger partial charge in [0.1, 0.15) is 0 Å². The van der Waals surface area contributed by atoms with Crippen LogP contribution in [0, 0.1) is 0 Å². The summed E-state index contributed by atoms with van der Waals surface area (Å²) in [5.41, 5.74) is 0.131. The lowest BCUT2D eigenvalue weighted by molar-refractivity contribution is 0.320. The lowest BCUT2D eigenvalue weighted by Gasteiger charge is -2.26. The average Bonchev–Trinajstić information content (AvgIpc) is 2.42. The van der Waals surface area contributed by atoms with Gasteiger partial charge in [0.2, 0.25) is 0 Å². The minimum absolute atomic E-state index is 0.131. The lowest BCUT2D eigenvalue weighted by atomic mass is 10.1. The summed E-state index contributed by atoms with van der Waals surface area (Å²) in [6, 6.07) is 0.590. The van der Waals surface area contributed by atoms with E-state index in [1.54, 1.807) is 0 Å². The van der Waals surface area contributed by atoms with Crippen molar-refractivity contribution in [3.63, 3.8) is 0 Å². The molecule has 0 bridgehead atoms. The van der Waals surface area contributed by atoms with Gasteiger partial charge < -0.3 is 4.90 Å². The third-order valence-electron chi connectivity index (χ3n) is 2.95. The second-order valence-electron chi connectivity index (χ2n) is 5.52. The second-order valence-corrected chi connectivity index (χ2v) is 5.52. The maximum atomic E-state index is 4.84. The lowest BCUT2D eigenvalue weighted by Crippen LogP contribution is -2.37. The highest BCUT2D eigenvalue weighted by atomic mass is 15.3. The highest BCUT2D eigenvalue weighted by Crippen LogP contribution is 2.24. The fourth-order valence-corrected chi connectivity index (χ4v) is 2.17. The zero-order valence-corrected chi connectivity index (χ0v) is 11.0. The van der Waals surface area contributed by atoms with Gasteiger partial charge >= 0.3 is 0 Å². The van der Waals surface area contributed by atoms with Gasteiger partial charge in [-0.1, -0.05) is 19.8 Å². The summed E-state index contributed by atoms with van der Waals surface area (Å²) in [5, 5.41) is 0. The number of amidine groups is 1. The van der Waals surface area contributed by atoms with Crippen molar-refractivity contribution in [2.24, 2.45) is 4.99 Å². The molecule has 0 amide bonds. The molecule has 1 aliphatic heterocycles. The molecule has 0 unspecified atom stereocenters. The molecule has 2 heteroatoms. The van der Waals surface area contributed by atoms with Gasteiger partial charge in [-0.15, -0.1) is 0 Å². The Morgan fingerprint density at radius 3 is 2.53 bits per heavy atom. The summed E-state index contributed by atoms with van der Waals surface area (Å²) < 4.78 is 0. The molecule has 0 radical (unpaired) electrons. The van der Waals surface area contributed by atoms with E-state index in [1.165, 1.54) is 25.1 Å². The minimum atomic E-state index is 0.131. The molecule has 0 fully saturated rings. The Labute approximate surface area is 94.8 Å². The van der Waals surface area contributed by atoms with Crippen molar-refractivity contribution in [2.75, 3.05) is 6.54 Å². The summed E-state index contributed by atoms with van der Waals surface area (Å²) in [7, 11) is 0. The average molecular weight is 210 g/mol.